The molecule has 0 aromatic heterocycles. The normalized spacial score (nSPS) is 11.9. The van der Waals surface area contributed by atoms with E-state index in [2.05, 4.69) is 0 Å². The number of halogens is 5. The summed E-state index contributed by atoms with van der Waals surface area (Å²) in [6.07, 6.45) is -4.64. The Hall–Kier alpha value is -0.810. The van der Waals surface area contributed by atoms with Crippen LogP contribution in [-0.2, 0) is 12.8 Å². The van der Waals surface area contributed by atoms with Crippen molar-refractivity contribution in [2.75, 3.05) is 0 Å². The number of aliphatic hydroxyl groups excluding tert-OH is 1. The molecule has 1 N–H and O–H groups in total. The fourth-order valence-corrected chi connectivity index (χ4v) is 1.19. The molecule has 1 rings (SSSR count). The molecule has 0 saturated heterocycles. The lowest BCUT2D eigenvalue weighted by atomic mass is 10.1. The van der Waals surface area contributed by atoms with E-state index in [4.69, 9.17) is 16.7 Å². The zero-order valence-electron chi connectivity index (χ0n) is 6.70. The molecule has 0 fully saturated rings. The number of aliphatic hydroxyl groups is 1. The second-order valence-corrected chi connectivity index (χ2v) is 2.98. The Morgan fingerprint density at radius 3 is 2.21 bits per heavy atom. The molecular weight excluding hydrogens is 224 g/mol. The van der Waals surface area contributed by atoms with Gasteiger partial charge in [0, 0.05) is 10.6 Å². The van der Waals surface area contributed by atoms with Crippen molar-refractivity contribution in [3.63, 3.8) is 0 Å². The van der Waals surface area contributed by atoms with Crippen LogP contribution in [-0.4, -0.2) is 5.11 Å². The molecule has 1 nitrogen and oxygen atoms in total. The third-order valence-electron chi connectivity index (χ3n) is 1.63. The van der Waals surface area contributed by atoms with Crippen molar-refractivity contribution in [1.29, 1.82) is 0 Å². The van der Waals surface area contributed by atoms with Gasteiger partial charge in [0.15, 0.2) is 0 Å². The van der Waals surface area contributed by atoms with Crippen molar-refractivity contribution in [3.05, 3.63) is 34.1 Å². The van der Waals surface area contributed by atoms with Gasteiger partial charge in [-0.1, -0.05) is 11.6 Å². The number of benzene rings is 1. The van der Waals surface area contributed by atoms with Gasteiger partial charge in [0.25, 0.3) is 0 Å². The van der Waals surface area contributed by atoms with E-state index in [1.54, 1.807) is 0 Å². The summed E-state index contributed by atoms with van der Waals surface area (Å²) in [5.41, 5.74) is -1.50. The molecule has 0 aliphatic carbocycles. The maximum absolute atomic E-state index is 12.9. The molecule has 78 valence electrons. The summed E-state index contributed by atoms with van der Waals surface area (Å²) in [5.74, 6) is -1.16. The molecule has 0 saturated carbocycles. The lowest BCUT2D eigenvalue weighted by Gasteiger charge is -2.09. The van der Waals surface area contributed by atoms with Crippen LogP contribution >= 0.6 is 11.6 Å². The van der Waals surface area contributed by atoms with Gasteiger partial charge >= 0.3 is 6.18 Å². The van der Waals surface area contributed by atoms with Crippen molar-refractivity contribution in [1.82, 2.24) is 0 Å². The predicted octanol–water partition coefficient (Wildman–Crippen LogP) is 2.99. The zero-order chi connectivity index (χ0) is 10.9. The minimum atomic E-state index is -4.64. The van der Waals surface area contributed by atoms with Crippen LogP contribution in [0, 0.1) is 5.82 Å². The lowest BCUT2D eigenvalue weighted by Crippen LogP contribution is -2.07. The second-order valence-electron chi connectivity index (χ2n) is 2.57. The minimum Gasteiger partial charge on any atom is -0.392 e. The van der Waals surface area contributed by atoms with Gasteiger partial charge in [-0.25, -0.2) is 4.39 Å². The van der Waals surface area contributed by atoms with Gasteiger partial charge in [0.2, 0.25) is 0 Å². The number of rotatable bonds is 1. The van der Waals surface area contributed by atoms with E-state index >= 15 is 0 Å². The van der Waals surface area contributed by atoms with Gasteiger partial charge in [-0.3, -0.25) is 0 Å². The van der Waals surface area contributed by atoms with E-state index in [0.717, 1.165) is 0 Å². The summed E-state index contributed by atoms with van der Waals surface area (Å²) in [7, 11) is 0. The molecule has 0 aliphatic heterocycles. The van der Waals surface area contributed by atoms with Crippen molar-refractivity contribution in [2.24, 2.45) is 0 Å². The Kier molecular flexibility index (Phi) is 3.01. The molecule has 0 aliphatic rings. The molecule has 0 bridgehead atoms. The van der Waals surface area contributed by atoms with Crippen LogP contribution in [0.2, 0.25) is 5.02 Å². The van der Waals surface area contributed by atoms with Gasteiger partial charge in [-0.15, -0.1) is 0 Å². The van der Waals surface area contributed by atoms with Crippen LogP contribution < -0.4 is 0 Å². The first-order chi connectivity index (χ1) is 6.36. The van der Waals surface area contributed by atoms with E-state index in [0.29, 0.717) is 12.1 Å². The van der Waals surface area contributed by atoms with Gasteiger partial charge in [-0.05, 0) is 12.1 Å². The third-order valence-corrected chi connectivity index (χ3v) is 1.96. The van der Waals surface area contributed by atoms with E-state index in [1.807, 2.05) is 0 Å². The predicted molar refractivity (Wildman–Crippen MR) is 42.3 cm³/mol. The van der Waals surface area contributed by atoms with Gasteiger partial charge < -0.3 is 5.11 Å². The zero-order valence-corrected chi connectivity index (χ0v) is 7.45. The summed E-state index contributed by atoms with van der Waals surface area (Å²) in [4.78, 5) is 0. The summed E-state index contributed by atoms with van der Waals surface area (Å²) in [5, 5.41) is 8.16. The van der Waals surface area contributed by atoms with Crippen LogP contribution in [0.15, 0.2) is 12.1 Å². The fourth-order valence-electron chi connectivity index (χ4n) is 0.918. The third kappa shape index (κ3) is 2.16. The monoisotopic (exact) mass is 228 g/mol. The maximum Gasteiger partial charge on any atom is 0.416 e. The Labute approximate surface area is 81.9 Å². The first-order valence-corrected chi connectivity index (χ1v) is 3.90. The molecule has 6 heteroatoms. The van der Waals surface area contributed by atoms with E-state index in [-0.39, 0.29) is 5.56 Å². The lowest BCUT2D eigenvalue weighted by molar-refractivity contribution is -0.137. The van der Waals surface area contributed by atoms with Gasteiger partial charge in [0.05, 0.1) is 12.2 Å². The highest BCUT2D eigenvalue weighted by molar-refractivity contribution is 6.31. The van der Waals surface area contributed by atoms with Crippen LogP contribution in [0.1, 0.15) is 11.1 Å². The number of hydrogen-bond acceptors (Lipinski definition) is 1. The Balaban J connectivity index is 3.28. The van der Waals surface area contributed by atoms with Crippen LogP contribution in [0.5, 0.6) is 0 Å². The highest BCUT2D eigenvalue weighted by Crippen LogP contribution is 2.33. The number of hydrogen-bond donors (Lipinski definition) is 1. The molecule has 1 aromatic rings. The molecule has 0 amide bonds. The molecule has 0 radical (unpaired) electrons. The van der Waals surface area contributed by atoms with Crippen molar-refractivity contribution in [2.45, 2.75) is 12.8 Å². The van der Waals surface area contributed by atoms with Gasteiger partial charge in [-0.2, -0.15) is 13.2 Å². The van der Waals surface area contributed by atoms with E-state index in [9.17, 15) is 17.6 Å². The van der Waals surface area contributed by atoms with Crippen LogP contribution in [0.3, 0.4) is 0 Å². The second kappa shape index (κ2) is 3.74. The average molecular weight is 229 g/mol. The Bertz CT molecular complexity index is 325. The summed E-state index contributed by atoms with van der Waals surface area (Å²) < 4.78 is 49.2. The number of alkyl halides is 3. The molecular formula is C8H5ClF4O. The molecule has 0 spiro atoms. The molecule has 0 unspecified atom stereocenters. The summed E-state index contributed by atoms with van der Waals surface area (Å²) >= 11 is 5.34. The first kappa shape index (κ1) is 11.3. The largest absolute Gasteiger partial charge is 0.416 e. The maximum atomic E-state index is 12.9. The summed E-state index contributed by atoms with van der Waals surface area (Å²) in [6.45, 7) is -0.733. The van der Waals surface area contributed by atoms with E-state index in [1.165, 1.54) is 0 Å². The van der Waals surface area contributed by atoms with Gasteiger partial charge in [0.1, 0.15) is 5.82 Å². The van der Waals surface area contributed by atoms with Crippen molar-refractivity contribution >= 4 is 11.6 Å². The van der Waals surface area contributed by atoms with Crippen molar-refractivity contribution in [3.8, 4) is 0 Å². The minimum absolute atomic E-state index is 0.303. The Morgan fingerprint density at radius 1 is 1.29 bits per heavy atom. The topological polar surface area (TPSA) is 20.2 Å². The fraction of sp³-hybridized carbons (Fsp3) is 0.250. The quantitative estimate of drug-likeness (QED) is 0.733. The van der Waals surface area contributed by atoms with E-state index < -0.39 is 29.2 Å². The molecule has 1 aromatic carbocycles. The van der Waals surface area contributed by atoms with Crippen LogP contribution in [0.25, 0.3) is 0 Å². The first-order valence-electron chi connectivity index (χ1n) is 3.52. The highest BCUT2D eigenvalue weighted by atomic mass is 35.5. The smallest absolute Gasteiger partial charge is 0.392 e. The SMILES string of the molecule is OCc1c(F)cc(C(F)(F)F)cc1Cl. The highest BCUT2D eigenvalue weighted by Gasteiger charge is 2.32. The molecule has 0 heterocycles. The van der Waals surface area contributed by atoms with Crippen molar-refractivity contribution < 1.29 is 22.7 Å². The summed E-state index contributed by atoms with van der Waals surface area (Å²) in [6, 6.07) is 0.883. The molecule has 14 heavy (non-hydrogen) atoms. The molecule has 0 atom stereocenters. The Morgan fingerprint density at radius 2 is 1.86 bits per heavy atom. The average Bonchev–Trinajstić information content (AvgIpc) is 2.01. The van der Waals surface area contributed by atoms with Crippen LogP contribution in [0.4, 0.5) is 17.6 Å². The standard InChI is InChI=1S/C8H5ClF4O/c9-6-1-4(8(11,12)13)2-7(10)5(6)3-14/h1-2,14H,3H2.